The number of halogens is 1. The number of rotatable bonds is 1. The second-order valence-electron chi connectivity index (χ2n) is 5.38. The van der Waals surface area contributed by atoms with Crippen molar-refractivity contribution in [2.24, 2.45) is 16.0 Å². The topological polar surface area (TPSA) is 36.8 Å². The third-order valence-electron chi connectivity index (χ3n) is 4.05. The molecule has 1 N–H and O–H groups in total. The Hall–Kier alpha value is -2.13. The van der Waals surface area contributed by atoms with Gasteiger partial charge in [0.2, 0.25) is 0 Å². The van der Waals surface area contributed by atoms with Crippen LogP contribution in [0.3, 0.4) is 0 Å². The highest BCUT2D eigenvalue weighted by Gasteiger charge is 2.37. The van der Waals surface area contributed by atoms with Crippen LogP contribution in [-0.2, 0) is 0 Å². The standard InChI is InChI=1S/C17H14ClN3/c1-10-15-16(11-5-3-2-4-6-11)13-9-12(18)7-8-14(13)19-17(15)21-20-10/h2-9,14-15H,1H3,(H,19,21)/t14-,15-/m1/s1. The van der Waals surface area contributed by atoms with Crippen LogP contribution in [0.1, 0.15) is 12.5 Å². The number of nitrogens with one attached hydrogen (secondary N) is 1. The lowest BCUT2D eigenvalue weighted by Gasteiger charge is -2.29. The Morgan fingerprint density at radius 2 is 2.00 bits per heavy atom. The van der Waals surface area contributed by atoms with Gasteiger partial charge in [-0.3, -0.25) is 10.4 Å². The zero-order valence-corrected chi connectivity index (χ0v) is 12.3. The first kappa shape index (κ1) is 12.6. The van der Waals surface area contributed by atoms with E-state index in [9.17, 15) is 0 Å². The summed E-state index contributed by atoms with van der Waals surface area (Å²) in [7, 11) is 0. The molecule has 3 aliphatic rings. The van der Waals surface area contributed by atoms with E-state index in [2.05, 4.69) is 34.8 Å². The van der Waals surface area contributed by atoms with Crippen molar-refractivity contribution in [3.05, 3.63) is 64.7 Å². The third kappa shape index (κ3) is 1.96. The van der Waals surface area contributed by atoms with Gasteiger partial charge < -0.3 is 0 Å². The molecule has 0 bridgehead atoms. The summed E-state index contributed by atoms with van der Waals surface area (Å²) in [5.74, 6) is 1.03. The fourth-order valence-electron chi connectivity index (χ4n) is 3.11. The number of amidine groups is 1. The molecule has 0 saturated heterocycles. The summed E-state index contributed by atoms with van der Waals surface area (Å²) in [4.78, 5) is 4.77. The third-order valence-corrected chi connectivity index (χ3v) is 4.29. The Bertz CT molecular complexity index is 753. The zero-order chi connectivity index (χ0) is 14.4. The number of allylic oxidation sites excluding steroid dienone is 2. The number of hydrogen-bond donors (Lipinski definition) is 1. The van der Waals surface area contributed by atoms with Crippen molar-refractivity contribution in [3.8, 4) is 0 Å². The van der Waals surface area contributed by atoms with Gasteiger partial charge in [0.05, 0.1) is 17.7 Å². The number of hydrogen-bond acceptors (Lipinski definition) is 3. The molecule has 2 heterocycles. The average Bonchev–Trinajstić information content (AvgIpc) is 2.87. The normalized spacial score (nSPS) is 26.5. The Kier molecular flexibility index (Phi) is 2.82. The summed E-state index contributed by atoms with van der Waals surface area (Å²) in [6.45, 7) is 2.04. The lowest BCUT2D eigenvalue weighted by molar-refractivity contribution is 0.893. The number of benzene rings is 1. The molecule has 104 valence electrons. The van der Waals surface area contributed by atoms with E-state index in [-0.39, 0.29) is 12.0 Å². The van der Waals surface area contributed by atoms with Crippen LogP contribution in [0.15, 0.2) is 69.3 Å². The van der Waals surface area contributed by atoms with Crippen LogP contribution in [0.2, 0.25) is 0 Å². The number of dihydropyridines is 1. The summed E-state index contributed by atoms with van der Waals surface area (Å²) in [5.41, 5.74) is 7.72. The summed E-state index contributed by atoms with van der Waals surface area (Å²) in [5, 5.41) is 5.10. The maximum atomic E-state index is 6.21. The maximum Gasteiger partial charge on any atom is 0.131 e. The molecule has 0 amide bonds. The molecule has 0 aromatic heterocycles. The Morgan fingerprint density at radius 3 is 2.81 bits per heavy atom. The van der Waals surface area contributed by atoms with Crippen LogP contribution in [0, 0.1) is 5.92 Å². The van der Waals surface area contributed by atoms with E-state index in [0.29, 0.717) is 0 Å². The number of fused-ring (bicyclic) bond motifs is 2. The van der Waals surface area contributed by atoms with Crippen molar-refractivity contribution in [3.63, 3.8) is 0 Å². The van der Waals surface area contributed by atoms with E-state index >= 15 is 0 Å². The van der Waals surface area contributed by atoms with Gasteiger partial charge >= 0.3 is 0 Å². The molecule has 0 fully saturated rings. The molecule has 21 heavy (non-hydrogen) atoms. The largest absolute Gasteiger partial charge is 0.264 e. The monoisotopic (exact) mass is 295 g/mol. The lowest BCUT2D eigenvalue weighted by atomic mass is 9.80. The van der Waals surface area contributed by atoms with Gasteiger partial charge in [0.25, 0.3) is 0 Å². The van der Waals surface area contributed by atoms with E-state index in [1.165, 1.54) is 16.7 Å². The Balaban J connectivity index is 1.96. The van der Waals surface area contributed by atoms with E-state index in [4.69, 9.17) is 16.6 Å². The predicted octanol–water partition coefficient (Wildman–Crippen LogP) is 3.51. The van der Waals surface area contributed by atoms with Gasteiger partial charge in [-0.2, -0.15) is 5.10 Å². The van der Waals surface area contributed by atoms with Crippen LogP contribution in [0.5, 0.6) is 0 Å². The number of hydrazone groups is 1. The lowest BCUT2D eigenvalue weighted by Crippen LogP contribution is -2.32. The van der Waals surface area contributed by atoms with Gasteiger partial charge in [-0.15, -0.1) is 0 Å². The molecule has 3 nitrogen and oxygen atoms in total. The van der Waals surface area contributed by atoms with Crippen molar-refractivity contribution in [2.45, 2.75) is 13.0 Å². The van der Waals surface area contributed by atoms with Crippen LogP contribution < -0.4 is 5.43 Å². The molecule has 1 aliphatic carbocycles. The quantitative estimate of drug-likeness (QED) is 0.846. The minimum Gasteiger partial charge on any atom is -0.264 e. The molecule has 0 spiro atoms. The van der Waals surface area contributed by atoms with Gasteiger partial charge in [-0.1, -0.05) is 48.0 Å². The van der Waals surface area contributed by atoms with Crippen LogP contribution in [0.4, 0.5) is 0 Å². The number of aliphatic imine (C=N–C) groups is 1. The SMILES string of the molecule is CC1=NNC2=N[C@@H]3C=CC(Cl)=CC3=C(c3ccccc3)[C@@H]12. The van der Waals surface area contributed by atoms with Gasteiger partial charge in [-0.25, -0.2) is 0 Å². The van der Waals surface area contributed by atoms with Crippen LogP contribution >= 0.6 is 11.6 Å². The Labute approximate surface area is 128 Å². The molecule has 0 unspecified atom stereocenters. The second-order valence-corrected chi connectivity index (χ2v) is 5.82. The van der Waals surface area contributed by atoms with Crippen molar-refractivity contribution in [2.75, 3.05) is 0 Å². The summed E-state index contributed by atoms with van der Waals surface area (Å²) in [6, 6.07) is 10.4. The highest BCUT2D eigenvalue weighted by Crippen LogP contribution is 2.39. The predicted molar refractivity (Wildman–Crippen MR) is 87.4 cm³/mol. The molecule has 4 heteroatoms. The smallest absolute Gasteiger partial charge is 0.131 e. The zero-order valence-electron chi connectivity index (χ0n) is 11.5. The number of nitrogens with zero attached hydrogens (tertiary/aromatic N) is 2. The van der Waals surface area contributed by atoms with Gasteiger partial charge in [-0.05, 0) is 35.8 Å². The Morgan fingerprint density at radius 1 is 1.19 bits per heavy atom. The first-order valence-electron chi connectivity index (χ1n) is 6.97. The first-order valence-corrected chi connectivity index (χ1v) is 7.34. The molecule has 0 radical (unpaired) electrons. The maximum absolute atomic E-state index is 6.21. The first-order chi connectivity index (χ1) is 10.2. The van der Waals surface area contributed by atoms with Crippen molar-refractivity contribution < 1.29 is 0 Å². The highest BCUT2D eigenvalue weighted by atomic mass is 35.5. The van der Waals surface area contributed by atoms with Crippen LogP contribution in [-0.4, -0.2) is 17.6 Å². The van der Waals surface area contributed by atoms with Gasteiger partial charge in [0.15, 0.2) is 0 Å². The molecule has 4 rings (SSSR count). The molecule has 0 saturated carbocycles. The van der Waals surface area contributed by atoms with E-state index in [0.717, 1.165) is 16.6 Å². The fourth-order valence-corrected chi connectivity index (χ4v) is 3.30. The minimum atomic E-state index is 0.0163. The van der Waals surface area contributed by atoms with Crippen molar-refractivity contribution >= 4 is 28.7 Å². The molecular weight excluding hydrogens is 282 g/mol. The average molecular weight is 296 g/mol. The van der Waals surface area contributed by atoms with E-state index in [1.54, 1.807) is 0 Å². The summed E-state index contributed by atoms with van der Waals surface area (Å²) < 4.78 is 0. The molecule has 2 atom stereocenters. The molecule has 1 aromatic rings. The van der Waals surface area contributed by atoms with Gasteiger partial charge in [0, 0.05) is 5.03 Å². The minimum absolute atomic E-state index is 0.0163. The molecule has 2 aliphatic heterocycles. The van der Waals surface area contributed by atoms with E-state index in [1.807, 2.05) is 31.2 Å². The molecular formula is C17H14ClN3. The van der Waals surface area contributed by atoms with Gasteiger partial charge in [0.1, 0.15) is 5.84 Å². The highest BCUT2D eigenvalue weighted by molar-refractivity contribution is 6.31. The van der Waals surface area contributed by atoms with Crippen molar-refractivity contribution in [1.29, 1.82) is 0 Å². The van der Waals surface area contributed by atoms with Crippen molar-refractivity contribution in [1.82, 2.24) is 5.43 Å². The second kappa shape index (κ2) is 4.71. The van der Waals surface area contributed by atoms with E-state index < -0.39 is 0 Å². The van der Waals surface area contributed by atoms with Crippen LogP contribution in [0.25, 0.3) is 5.57 Å². The molecule has 1 aromatic carbocycles. The summed E-state index contributed by atoms with van der Waals surface area (Å²) >= 11 is 6.21. The summed E-state index contributed by atoms with van der Waals surface area (Å²) in [6.07, 6.45) is 5.98. The fraction of sp³-hybridized carbons (Fsp3) is 0.176.